The molecule has 0 fully saturated rings. The van der Waals surface area contributed by atoms with Crippen LogP contribution in [0.5, 0.6) is 0 Å². The van der Waals surface area contributed by atoms with Crippen LogP contribution in [0.4, 0.5) is 0 Å². The van der Waals surface area contributed by atoms with Crippen LogP contribution in [0.3, 0.4) is 0 Å². The first-order valence-electron chi connectivity index (χ1n) is 5.23. The fraction of sp³-hybridized carbons (Fsp3) is 0.636. The van der Waals surface area contributed by atoms with E-state index in [1.54, 1.807) is 0 Å². The van der Waals surface area contributed by atoms with Crippen LogP contribution in [-0.2, 0) is 19.2 Å². The molecule has 0 aliphatic carbocycles. The van der Waals surface area contributed by atoms with Crippen LogP contribution in [0.25, 0.3) is 0 Å². The average Bonchev–Trinajstić information content (AvgIpc) is 2.34. The Bertz CT molecular complexity index is 430. The van der Waals surface area contributed by atoms with Gasteiger partial charge in [0.15, 0.2) is 29.2 Å². The maximum Gasteiger partial charge on any atom is 0.217 e. The Morgan fingerprint density at radius 1 is 0.947 bits per heavy atom. The summed E-state index contributed by atoms with van der Waals surface area (Å²) in [5.74, 6) is -4.09. The second-order valence-electron chi connectivity index (χ2n) is 4.28. The van der Waals surface area contributed by atoms with E-state index in [0.717, 1.165) is 6.92 Å². The van der Waals surface area contributed by atoms with Crippen LogP contribution in [0, 0.1) is 0 Å². The summed E-state index contributed by atoms with van der Waals surface area (Å²) in [5, 5.41) is 39.1. The van der Waals surface area contributed by atoms with Gasteiger partial charge in [0.1, 0.15) is 0 Å². The average molecular weight is 276 g/mol. The van der Waals surface area contributed by atoms with Crippen LogP contribution in [-0.4, -0.2) is 67.5 Å². The van der Waals surface area contributed by atoms with Gasteiger partial charge in [-0.1, -0.05) is 0 Å². The summed E-state index contributed by atoms with van der Waals surface area (Å²) in [6, 6.07) is 0. The minimum absolute atomic E-state index is 0.458. The van der Waals surface area contributed by atoms with Crippen molar-refractivity contribution < 1.29 is 39.6 Å². The molecule has 3 atom stereocenters. The molecule has 0 aromatic heterocycles. The Morgan fingerprint density at radius 3 is 1.53 bits per heavy atom. The molecule has 8 nitrogen and oxygen atoms in total. The zero-order valence-electron chi connectivity index (χ0n) is 10.7. The van der Waals surface area contributed by atoms with Crippen molar-refractivity contribution in [1.82, 2.24) is 0 Å². The van der Waals surface area contributed by atoms with Gasteiger partial charge >= 0.3 is 0 Å². The van der Waals surface area contributed by atoms with Crippen LogP contribution >= 0.6 is 0 Å². The van der Waals surface area contributed by atoms with Gasteiger partial charge in [0.05, 0.1) is 6.61 Å². The highest BCUT2D eigenvalue weighted by Crippen LogP contribution is 2.35. The van der Waals surface area contributed by atoms with E-state index in [2.05, 4.69) is 0 Å². The molecule has 0 bridgehead atoms. The molecule has 8 heteroatoms. The molecule has 0 heterocycles. The summed E-state index contributed by atoms with van der Waals surface area (Å²) in [6.07, 6.45) is -0.458. The van der Waals surface area contributed by atoms with E-state index in [0.29, 0.717) is 13.8 Å². The van der Waals surface area contributed by atoms with E-state index in [1.165, 1.54) is 0 Å². The molecule has 0 aromatic rings. The molecule has 0 spiro atoms. The standard InChI is InChI=1S/C11H16O8/c1-6(14)9(17,4-12)11(19,8(3)16)10(18,5-13)7(2)15/h4,13,17-19H,5H2,1-3H3/t9-,10-,11+/m0/s1. The fourth-order valence-electron chi connectivity index (χ4n) is 1.78. The van der Waals surface area contributed by atoms with Gasteiger partial charge in [0.2, 0.25) is 11.2 Å². The summed E-state index contributed by atoms with van der Waals surface area (Å²) in [5.41, 5.74) is -10.0. The number of carbonyl (C=O) groups is 4. The van der Waals surface area contributed by atoms with Crippen molar-refractivity contribution in [2.24, 2.45) is 0 Å². The largest absolute Gasteiger partial charge is 0.393 e. The first kappa shape index (κ1) is 17.5. The molecule has 0 saturated carbocycles. The van der Waals surface area contributed by atoms with E-state index in [9.17, 15) is 34.5 Å². The minimum atomic E-state index is -3.49. The van der Waals surface area contributed by atoms with Gasteiger partial charge in [-0.15, -0.1) is 0 Å². The molecule has 0 radical (unpaired) electrons. The van der Waals surface area contributed by atoms with Crippen LogP contribution < -0.4 is 0 Å². The summed E-state index contributed by atoms with van der Waals surface area (Å²) in [7, 11) is 0. The molecule has 19 heavy (non-hydrogen) atoms. The highest BCUT2D eigenvalue weighted by Gasteiger charge is 2.69. The van der Waals surface area contributed by atoms with Crippen molar-refractivity contribution in [1.29, 1.82) is 0 Å². The molecule has 4 N–H and O–H groups in total. The Morgan fingerprint density at radius 2 is 1.37 bits per heavy atom. The SMILES string of the molecule is CC(=O)[C@@](O)([C@](O)(C=O)C(C)=O)[C@](O)(CO)C(C)=O. The third kappa shape index (κ3) is 2.12. The molecular weight excluding hydrogens is 260 g/mol. The normalized spacial score (nSPS) is 20.6. The third-order valence-electron chi connectivity index (χ3n) is 3.18. The van der Waals surface area contributed by atoms with Crippen molar-refractivity contribution >= 4 is 23.6 Å². The van der Waals surface area contributed by atoms with Crippen LogP contribution in [0.15, 0.2) is 0 Å². The Kier molecular flexibility index (Phi) is 4.84. The molecule has 0 saturated heterocycles. The van der Waals surface area contributed by atoms with E-state index in [1.807, 2.05) is 0 Å². The summed E-state index contributed by atoms with van der Waals surface area (Å²) < 4.78 is 0. The van der Waals surface area contributed by atoms with Crippen LogP contribution in [0.2, 0.25) is 0 Å². The predicted octanol–water partition coefficient (Wildman–Crippen LogP) is -2.86. The van der Waals surface area contributed by atoms with E-state index in [-0.39, 0.29) is 0 Å². The Hall–Kier alpha value is -1.48. The lowest BCUT2D eigenvalue weighted by molar-refractivity contribution is -0.228. The Balaban J connectivity index is 6.47. The number of hydrogen-bond donors (Lipinski definition) is 4. The first-order chi connectivity index (χ1) is 8.45. The minimum Gasteiger partial charge on any atom is -0.393 e. The van der Waals surface area contributed by atoms with Gasteiger partial charge < -0.3 is 20.4 Å². The van der Waals surface area contributed by atoms with Gasteiger partial charge in [-0.3, -0.25) is 19.2 Å². The monoisotopic (exact) mass is 276 g/mol. The van der Waals surface area contributed by atoms with Crippen molar-refractivity contribution in [3.8, 4) is 0 Å². The Labute approximate surface area is 108 Å². The number of carbonyl (C=O) groups excluding carboxylic acids is 4. The van der Waals surface area contributed by atoms with Crippen molar-refractivity contribution in [2.45, 2.75) is 37.6 Å². The first-order valence-corrected chi connectivity index (χ1v) is 5.23. The maximum absolute atomic E-state index is 11.5. The number of aldehydes is 1. The zero-order chi connectivity index (χ0) is 15.6. The molecule has 0 amide bonds. The van der Waals surface area contributed by atoms with Crippen LogP contribution in [0.1, 0.15) is 20.8 Å². The lowest BCUT2D eigenvalue weighted by Crippen LogP contribution is -2.77. The topological polar surface area (TPSA) is 149 Å². The lowest BCUT2D eigenvalue weighted by atomic mass is 9.66. The summed E-state index contributed by atoms with van der Waals surface area (Å²) in [6.45, 7) is 0.582. The van der Waals surface area contributed by atoms with Gasteiger partial charge in [0.25, 0.3) is 0 Å². The molecule has 0 aliphatic heterocycles. The molecule has 108 valence electrons. The zero-order valence-corrected chi connectivity index (χ0v) is 10.7. The lowest BCUT2D eigenvalue weighted by Gasteiger charge is -2.45. The fourth-order valence-corrected chi connectivity index (χ4v) is 1.78. The number of aliphatic hydroxyl groups excluding tert-OH is 1. The van der Waals surface area contributed by atoms with Crippen molar-refractivity contribution in [2.75, 3.05) is 6.61 Å². The second kappa shape index (κ2) is 5.25. The van der Waals surface area contributed by atoms with E-state index >= 15 is 0 Å². The van der Waals surface area contributed by atoms with Gasteiger partial charge in [-0.05, 0) is 20.8 Å². The molecule has 0 aromatic carbocycles. The quantitative estimate of drug-likeness (QED) is 0.286. The second-order valence-corrected chi connectivity index (χ2v) is 4.28. The third-order valence-corrected chi connectivity index (χ3v) is 3.18. The predicted molar refractivity (Wildman–Crippen MR) is 60.0 cm³/mol. The van der Waals surface area contributed by atoms with E-state index in [4.69, 9.17) is 5.11 Å². The molecular formula is C11H16O8. The number of hydrogen-bond acceptors (Lipinski definition) is 8. The van der Waals surface area contributed by atoms with E-state index < -0.39 is 47.0 Å². The number of ketones is 3. The number of aliphatic hydroxyl groups is 4. The smallest absolute Gasteiger partial charge is 0.217 e. The highest BCUT2D eigenvalue weighted by atomic mass is 16.4. The maximum atomic E-state index is 11.5. The summed E-state index contributed by atoms with van der Waals surface area (Å²) in [4.78, 5) is 45.2. The van der Waals surface area contributed by atoms with Crippen molar-refractivity contribution in [3.63, 3.8) is 0 Å². The van der Waals surface area contributed by atoms with Gasteiger partial charge in [-0.25, -0.2) is 0 Å². The van der Waals surface area contributed by atoms with Gasteiger partial charge in [-0.2, -0.15) is 0 Å². The van der Waals surface area contributed by atoms with Gasteiger partial charge in [0, 0.05) is 0 Å². The summed E-state index contributed by atoms with van der Waals surface area (Å²) >= 11 is 0. The molecule has 0 aliphatic rings. The number of rotatable bonds is 7. The number of Topliss-reactive ketones (excluding diaryl/α,β-unsaturated/α-hetero) is 3. The molecule has 0 rings (SSSR count). The highest BCUT2D eigenvalue weighted by molar-refractivity contribution is 6.11. The van der Waals surface area contributed by atoms with Crippen molar-refractivity contribution in [3.05, 3.63) is 0 Å². The molecule has 0 unspecified atom stereocenters.